The highest BCUT2D eigenvalue weighted by Crippen LogP contribution is 2.19. The summed E-state index contributed by atoms with van der Waals surface area (Å²) in [4.78, 5) is 13.6. The van der Waals surface area contributed by atoms with E-state index in [1.54, 1.807) is 14.1 Å². The van der Waals surface area contributed by atoms with E-state index < -0.39 is 21.7 Å². The van der Waals surface area contributed by atoms with Gasteiger partial charge in [-0.25, -0.2) is 12.8 Å². The number of carbonyl (C=O) groups excluding carboxylic acids is 1. The summed E-state index contributed by atoms with van der Waals surface area (Å²) < 4.78 is 38.0. The first kappa shape index (κ1) is 16.4. The van der Waals surface area contributed by atoms with Crippen molar-refractivity contribution >= 4 is 21.6 Å². The van der Waals surface area contributed by atoms with Gasteiger partial charge in [0.1, 0.15) is 5.82 Å². The van der Waals surface area contributed by atoms with Crippen molar-refractivity contribution in [2.75, 3.05) is 38.2 Å². The molecule has 0 heterocycles. The van der Waals surface area contributed by atoms with Gasteiger partial charge in [-0.05, 0) is 25.2 Å². The number of rotatable bonds is 6. The van der Waals surface area contributed by atoms with Crippen LogP contribution >= 0.6 is 0 Å². The van der Waals surface area contributed by atoms with Gasteiger partial charge in [-0.2, -0.15) is 0 Å². The van der Waals surface area contributed by atoms with E-state index in [1.165, 1.54) is 11.0 Å². The fourth-order valence-electron chi connectivity index (χ4n) is 1.57. The molecule has 0 saturated heterocycles. The smallest absolute Gasteiger partial charge is 0.255 e. The van der Waals surface area contributed by atoms with Crippen LogP contribution in [0.5, 0.6) is 0 Å². The Balaban J connectivity index is 3.08. The van der Waals surface area contributed by atoms with Gasteiger partial charge in [-0.3, -0.25) is 9.52 Å². The van der Waals surface area contributed by atoms with Crippen molar-refractivity contribution in [1.29, 1.82) is 0 Å². The molecule has 20 heavy (non-hydrogen) atoms. The molecule has 0 atom stereocenters. The quantitative estimate of drug-likeness (QED) is 0.801. The molecule has 1 aromatic rings. The Morgan fingerprint density at radius 1 is 1.40 bits per heavy atom. The van der Waals surface area contributed by atoms with Gasteiger partial charge < -0.3 is 10.2 Å². The van der Waals surface area contributed by atoms with Crippen LogP contribution in [0.2, 0.25) is 0 Å². The maximum absolute atomic E-state index is 13.3. The van der Waals surface area contributed by atoms with E-state index >= 15 is 0 Å². The molecule has 0 aliphatic carbocycles. The molecule has 0 radical (unpaired) electrons. The van der Waals surface area contributed by atoms with Crippen LogP contribution in [0.1, 0.15) is 10.4 Å². The number of halogens is 1. The number of amides is 1. The summed E-state index contributed by atoms with van der Waals surface area (Å²) in [5.41, 5.74) is 0.0456. The molecule has 0 aromatic heterocycles. The molecule has 8 heteroatoms. The van der Waals surface area contributed by atoms with Gasteiger partial charge in [0, 0.05) is 20.1 Å². The molecule has 0 aliphatic rings. The minimum Gasteiger partial charge on any atom is -0.340 e. The van der Waals surface area contributed by atoms with Crippen molar-refractivity contribution in [2.45, 2.75) is 0 Å². The first-order valence-corrected chi connectivity index (χ1v) is 7.81. The van der Waals surface area contributed by atoms with Crippen LogP contribution in [-0.2, 0) is 10.0 Å². The number of nitrogens with one attached hydrogen (secondary N) is 2. The van der Waals surface area contributed by atoms with Crippen LogP contribution in [0.25, 0.3) is 0 Å². The summed E-state index contributed by atoms with van der Waals surface area (Å²) in [5.74, 6) is -1.06. The van der Waals surface area contributed by atoms with Crippen LogP contribution in [-0.4, -0.2) is 52.7 Å². The normalized spacial score (nSPS) is 11.2. The average Bonchev–Trinajstić information content (AvgIpc) is 2.35. The molecular formula is C12H18FN3O3S. The van der Waals surface area contributed by atoms with Gasteiger partial charge in [0.2, 0.25) is 10.0 Å². The lowest BCUT2D eigenvalue weighted by Crippen LogP contribution is -2.33. The Morgan fingerprint density at radius 3 is 2.60 bits per heavy atom. The predicted octanol–water partition coefficient (Wildman–Crippen LogP) is 0.489. The Labute approximate surface area is 118 Å². The zero-order valence-corrected chi connectivity index (χ0v) is 12.4. The zero-order chi connectivity index (χ0) is 15.3. The van der Waals surface area contributed by atoms with E-state index in [-0.39, 0.29) is 11.3 Å². The summed E-state index contributed by atoms with van der Waals surface area (Å²) in [6, 6.07) is 3.35. The molecule has 1 amide bonds. The number of sulfonamides is 1. The van der Waals surface area contributed by atoms with Crippen LogP contribution in [0.15, 0.2) is 18.2 Å². The minimum absolute atomic E-state index is 0.0194. The second kappa shape index (κ2) is 6.67. The highest BCUT2D eigenvalue weighted by Gasteiger charge is 2.18. The third-order valence-electron chi connectivity index (χ3n) is 2.55. The molecule has 112 valence electrons. The molecule has 0 bridgehead atoms. The van der Waals surface area contributed by atoms with Gasteiger partial charge in [0.05, 0.1) is 17.5 Å². The summed E-state index contributed by atoms with van der Waals surface area (Å²) in [5, 5.41) is 2.89. The molecule has 6 nitrogen and oxygen atoms in total. The summed E-state index contributed by atoms with van der Waals surface area (Å²) in [6.45, 7) is 0.997. The molecule has 1 aromatic carbocycles. The van der Waals surface area contributed by atoms with E-state index in [0.29, 0.717) is 13.1 Å². The Morgan fingerprint density at radius 2 is 2.05 bits per heavy atom. The maximum atomic E-state index is 13.3. The van der Waals surface area contributed by atoms with Crippen LogP contribution in [0, 0.1) is 5.82 Å². The second-order valence-electron chi connectivity index (χ2n) is 4.39. The molecule has 0 unspecified atom stereocenters. The van der Waals surface area contributed by atoms with Gasteiger partial charge >= 0.3 is 0 Å². The lowest BCUT2D eigenvalue weighted by molar-refractivity contribution is 0.0797. The fraction of sp³-hybridized carbons (Fsp3) is 0.417. The molecule has 0 spiro atoms. The van der Waals surface area contributed by atoms with E-state index in [1.807, 2.05) is 0 Å². The fourth-order valence-corrected chi connectivity index (χ4v) is 2.15. The molecule has 2 N–H and O–H groups in total. The third-order valence-corrected chi connectivity index (χ3v) is 3.14. The van der Waals surface area contributed by atoms with Crippen LogP contribution < -0.4 is 10.0 Å². The standard InChI is InChI=1S/C12H18FN3O3S/c1-14-6-7-16(2)12(17)10-8-9(13)4-5-11(10)15-20(3,18)19/h4-5,8,14-15H,6-7H2,1-3H3. The number of nitrogens with zero attached hydrogens (tertiary/aromatic N) is 1. The molecule has 0 aliphatic heterocycles. The number of benzene rings is 1. The van der Waals surface area contributed by atoms with Crippen LogP contribution in [0.3, 0.4) is 0 Å². The summed E-state index contributed by atoms with van der Waals surface area (Å²) in [7, 11) is -0.233. The van der Waals surface area contributed by atoms with Crippen molar-refractivity contribution < 1.29 is 17.6 Å². The minimum atomic E-state index is -3.54. The first-order valence-electron chi connectivity index (χ1n) is 5.92. The van der Waals surface area contributed by atoms with Crippen molar-refractivity contribution in [3.8, 4) is 0 Å². The molecule has 0 saturated carbocycles. The summed E-state index contributed by atoms with van der Waals surface area (Å²) >= 11 is 0. The largest absolute Gasteiger partial charge is 0.340 e. The van der Waals surface area contributed by atoms with Crippen LogP contribution in [0.4, 0.5) is 10.1 Å². The van der Waals surface area contributed by atoms with Gasteiger partial charge in [0.25, 0.3) is 5.91 Å². The van der Waals surface area contributed by atoms with Crippen molar-refractivity contribution in [1.82, 2.24) is 10.2 Å². The van der Waals surface area contributed by atoms with Gasteiger partial charge in [-0.15, -0.1) is 0 Å². The zero-order valence-electron chi connectivity index (χ0n) is 11.6. The van der Waals surface area contributed by atoms with Crippen molar-refractivity contribution in [3.63, 3.8) is 0 Å². The van der Waals surface area contributed by atoms with E-state index in [4.69, 9.17) is 0 Å². The van der Waals surface area contributed by atoms with E-state index in [9.17, 15) is 17.6 Å². The van der Waals surface area contributed by atoms with E-state index in [2.05, 4.69) is 10.0 Å². The monoisotopic (exact) mass is 303 g/mol. The number of likely N-dealkylation sites (N-methyl/N-ethyl adjacent to an activating group) is 2. The molecule has 0 fully saturated rings. The molecule has 1 rings (SSSR count). The SMILES string of the molecule is CNCCN(C)C(=O)c1cc(F)ccc1NS(C)(=O)=O. The topological polar surface area (TPSA) is 78.5 Å². The van der Waals surface area contributed by atoms with Crippen molar-refractivity contribution in [3.05, 3.63) is 29.6 Å². The number of anilines is 1. The molecular weight excluding hydrogens is 285 g/mol. The number of carbonyl (C=O) groups is 1. The number of hydrogen-bond donors (Lipinski definition) is 2. The predicted molar refractivity (Wildman–Crippen MR) is 75.8 cm³/mol. The highest BCUT2D eigenvalue weighted by atomic mass is 32.2. The third kappa shape index (κ3) is 4.78. The Hall–Kier alpha value is -1.67. The van der Waals surface area contributed by atoms with Crippen molar-refractivity contribution in [2.24, 2.45) is 0 Å². The number of hydrogen-bond acceptors (Lipinski definition) is 4. The van der Waals surface area contributed by atoms with Gasteiger partial charge in [0.15, 0.2) is 0 Å². The lowest BCUT2D eigenvalue weighted by Gasteiger charge is -2.19. The summed E-state index contributed by atoms with van der Waals surface area (Å²) in [6.07, 6.45) is 0.968. The average molecular weight is 303 g/mol. The Bertz CT molecular complexity index is 590. The first-order chi connectivity index (χ1) is 9.24. The lowest BCUT2D eigenvalue weighted by atomic mass is 10.1. The highest BCUT2D eigenvalue weighted by molar-refractivity contribution is 7.92. The second-order valence-corrected chi connectivity index (χ2v) is 6.14. The van der Waals surface area contributed by atoms with Gasteiger partial charge in [-0.1, -0.05) is 0 Å². The maximum Gasteiger partial charge on any atom is 0.255 e. The Kier molecular flexibility index (Phi) is 5.46. The van der Waals surface area contributed by atoms with E-state index in [0.717, 1.165) is 18.4 Å².